The molecule has 3 aliphatic carbocycles. The van der Waals surface area contributed by atoms with Gasteiger partial charge in [0.25, 0.3) is 0 Å². The molecule has 1 N–H and O–H groups in total. The monoisotopic (exact) mass is 514 g/mol. The van der Waals surface area contributed by atoms with Gasteiger partial charge >= 0.3 is 11.9 Å². The van der Waals surface area contributed by atoms with Crippen LogP contribution in [0, 0.1) is 23.7 Å². The molecule has 5 heterocycles. The summed E-state index contributed by atoms with van der Waals surface area (Å²) in [6.07, 6.45) is 2.48. The predicted octanol–water partition coefficient (Wildman–Crippen LogP) is 1.77. The molecule has 37 heavy (non-hydrogen) atoms. The number of cyclic esters (lactones) is 1. The van der Waals surface area contributed by atoms with Crippen LogP contribution < -0.4 is 0 Å². The van der Waals surface area contributed by atoms with E-state index in [-0.39, 0.29) is 66.8 Å². The van der Waals surface area contributed by atoms with Gasteiger partial charge in [-0.15, -0.1) is 0 Å². The van der Waals surface area contributed by atoms with Crippen LogP contribution in [0.15, 0.2) is 11.6 Å². The highest BCUT2D eigenvalue weighted by atomic mass is 16.7. The molecule has 8 aliphatic rings. The van der Waals surface area contributed by atoms with Crippen molar-refractivity contribution in [2.45, 2.75) is 119 Å². The molecular formula is C28H34O9. The number of ketones is 1. The maximum absolute atomic E-state index is 14.3. The van der Waals surface area contributed by atoms with E-state index in [1.54, 1.807) is 13.0 Å². The number of epoxide rings is 1. The van der Waals surface area contributed by atoms with Crippen molar-refractivity contribution in [2.75, 3.05) is 0 Å². The number of rotatable bonds is 1. The largest absolute Gasteiger partial charge is 0.456 e. The lowest BCUT2D eigenvalue weighted by Gasteiger charge is -2.51. The minimum absolute atomic E-state index is 0.0142. The molecule has 3 spiro atoms. The molecule has 0 radical (unpaired) electrons. The Morgan fingerprint density at radius 2 is 1.78 bits per heavy atom. The topological polar surface area (TPSA) is 121 Å². The fraction of sp³-hybridized carbons (Fsp3) is 0.821. The molecule has 0 aromatic carbocycles. The number of esters is 2. The lowest BCUT2D eigenvalue weighted by Crippen LogP contribution is -2.69. The summed E-state index contributed by atoms with van der Waals surface area (Å²) in [6.45, 7) is 7.86. The lowest BCUT2D eigenvalue weighted by molar-refractivity contribution is -0.211. The number of Topliss-reactive ketones (excluding diaryl/α,β-unsaturated/α-hetero) is 1. The van der Waals surface area contributed by atoms with E-state index in [2.05, 4.69) is 6.92 Å². The number of carbonyl (C=O) groups is 3. The Kier molecular flexibility index (Phi) is 4.05. The number of aliphatic hydroxyl groups is 1. The molecule has 9 heteroatoms. The van der Waals surface area contributed by atoms with Gasteiger partial charge in [0.1, 0.15) is 29.5 Å². The number of hydrogen-bond donors (Lipinski definition) is 1. The van der Waals surface area contributed by atoms with Gasteiger partial charge in [-0.1, -0.05) is 6.92 Å². The first-order valence-electron chi connectivity index (χ1n) is 13.8. The van der Waals surface area contributed by atoms with E-state index >= 15 is 0 Å². The molecule has 12 unspecified atom stereocenters. The summed E-state index contributed by atoms with van der Waals surface area (Å²) in [4.78, 5) is 38.9. The summed E-state index contributed by atoms with van der Waals surface area (Å²) in [5, 5.41) is 12.4. The minimum Gasteiger partial charge on any atom is -0.456 e. The first-order chi connectivity index (χ1) is 17.4. The molecule has 0 aromatic heterocycles. The van der Waals surface area contributed by atoms with Gasteiger partial charge in [0.2, 0.25) is 0 Å². The summed E-state index contributed by atoms with van der Waals surface area (Å²) in [6, 6.07) is 0. The van der Waals surface area contributed by atoms with Crippen molar-refractivity contribution in [1.82, 2.24) is 0 Å². The summed E-state index contributed by atoms with van der Waals surface area (Å²) in [5.74, 6) is -1.32. The highest BCUT2D eigenvalue weighted by Gasteiger charge is 2.90. The molecule has 7 fully saturated rings. The van der Waals surface area contributed by atoms with E-state index in [0.717, 1.165) is 0 Å². The van der Waals surface area contributed by atoms with Crippen molar-refractivity contribution in [3.8, 4) is 0 Å². The van der Waals surface area contributed by atoms with Crippen molar-refractivity contribution in [3.05, 3.63) is 11.6 Å². The fourth-order valence-electron chi connectivity index (χ4n) is 10.3. The van der Waals surface area contributed by atoms with Gasteiger partial charge in [-0.05, 0) is 52.0 Å². The molecule has 0 amide bonds. The van der Waals surface area contributed by atoms with E-state index in [1.165, 1.54) is 0 Å². The zero-order valence-electron chi connectivity index (χ0n) is 21.7. The minimum atomic E-state index is -1.39. The smallest absolute Gasteiger partial charge is 0.334 e. The van der Waals surface area contributed by atoms with E-state index in [4.69, 9.17) is 23.7 Å². The molecule has 9 nitrogen and oxygen atoms in total. The van der Waals surface area contributed by atoms with Crippen molar-refractivity contribution in [1.29, 1.82) is 0 Å². The Labute approximate surface area is 215 Å². The van der Waals surface area contributed by atoms with Crippen molar-refractivity contribution in [2.24, 2.45) is 23.7 Å². The van der Waals surface area contributed by atoms with Crippen LogP contribution in [0.5, 0.6) is 0 Å². The Balaban J connectivity index is 1.20. The van der Waals surface area contributed by atoms with Crippen molar-refractivity contribution >= 4 is 17.7 Å². The summed E-state index contributed by atoms with van der Waals surface area (Å²) in [5.41, 5.74) is -4.38. The normalized spacial score (nSPS) is 58.3. The molecule has 5 aliphatic heterocycles. The van der Waals surface area contributed by atoms with Gasteiger partial charge in [0.15, 0.2) is 11.4 Å². The van der Waals surface area contributed by atoms with Crippen LogP contribution in [0.2, 0.25) is 0 Å². The maximum atomic E-state index is 14.3. The third-order valence-corrected chi connectivity index (χ3v) is 11.6. The second-order valence-electron chi connectivity index (χ2n) is 13.5. The van der Waals surface area contributed by atoms with Crippen molar-refractivity contribution < 1.29 is 43.2 Å². The summed E-state index contributed by atoms with van der Waals surface area (Å²) < 4.78 is 31.2. The Hall–Kier alpha value is -1.81. The Bertz CT molecular complexity index is 1190. The zero-order chi connectivity index (χ0) is 25.9. The average Bonchev–Trinajstić information content (AvgIpc) is 2.94. The molecule has 3 saturated carbocycles. The van der Waals surface area contributed by atoms with E-state index in [9.17, 15) is 19.5 Å². The third-order valence-electron chi connectivity index (χ3n) is 11.6. The highest BCUT2D eigenvalue weighted by Crippen LogP contribution is 2.75. The Morgan fingerprint density at radius 3 is 2.51 bits per heavy atom. The van der Waals surface area contributed by atoms with E-state index < -0.39 is 46.3 Å². The van der Waals surface area contributed by atoms with Crippen LogP contribution in [0.1, 0.15) is 66.2 Å². The number of fused-ring (bicyclic) bond motifs is 1. The van der Waals surface area contributed by atoms with Gasteiger partial charge in [-0.3, -0.25) is 9.59 Å². The number of carbonyl (C=O) groups excluding carboxylic acids is 3. The zero-order valence-corrected chi connectivity index (χ0v) is 21.7. The predicted molar refractivity (Wildman–Crippen MR) is 124 cm³/mol. The SMILES string of the molecule is CC1=CC(C2OC34C(=O)CC5(O)CC67OC(=O)CC6OC(C)(C)C7CCC5C35OC5CC4C2C)OC1=O. The number of ether oxygens (including phenoxy) is 5. The van der Waals surface area contributed by atoms with Crippen LogP contribution >= 0.6 is 0 Å². The quantitative estimate of drug-likeness (QED) is 0.412. The summed E-state index contributed by atoms with van der Waals surface area (Å²) >= 11 is 0. The van der Waals surface area contributed by atoms with Crippen LogP contribution in [0.3, 0.4) is 0 Å². The van der Waals surface area contributed by atoms with Crippen LogP contribution in [-0.2, 0) is 38.1 Å². The van der Waals surface area contributed by atoms with Gasteiger partial charge in [0.05, 0.1) is 23.7 Å². The van der Waals surface area contributed by atoms with Crippen LogP contribution in [0.25, 0.3) is 0 Å². The first-order valence-corrected chi connectivity index (χ1v) is 13.8. The molecule has 200 valence electrons. The van der Waals surface area contributed by atoms with Crippen LogP contribution in [-0.4, -0.2) is 75.2 Å². The second kappa shape index (κ2) is 6.49. The van der Waals surface area contributed by atoms with Gasteiger partial charge < -0.3 is 28.8 Å². The number of hydrogen-bond acceptors (Lipinski definition) is 9. The van der Waals surface area contributed by atoms with E-state index in [1.807, 2.05) is 13.8 Å². The first kappa shape index (κ1) is 23.1. The van der Waals surface area contributed by atoms with Gasteiger partial charge in [-0.2, -0.15) is 0 Å². The van der Waals surface area contributed by atoms with Gasteiger partial charge in [0, 0.05) is 36.2 Å². The second-order valence-corrected chi connectivity index (χ2v) is 13.5. The molecular weight excluding hydrogens is 480 g/mol. The standard InChI is InChI=1S/C28H34O9/c1-12-7-15(33-23(12)31)22-13(2)14-8-20-28(35-20)17-6-5-16-24(3,4)34-19-9-21(30)36-26(16,19)11-25(17,32)10-18(29)27(14,28)37-22/h7,13-17,19-20,22,32H,5-6,8-11H2,1-4H3. The van der Waals surface area contributed by atoms with Gasteiger partial charge in [-0.25, -0.2) is 4.79 Å². The molecule has 0 bridgehead atoms. The Morgan fingerprint density at radius 1 is 1.03 bits per heavy atom. The third kappa shape index (κ3) is 2.41. The highest BCUT2D eigenvalue weighted by molar-refractivity contribution is 5.94. The molecule has 12 atom stereocenters. The van der Waals surface area contributed by atoms with Crippen LogP contribution in [0.4, 0.5) is 0 Å². The molecule has 0 aromatic rings. The molecule has 4 saturated heterocycles. The maximum Gasteiger partial charge on any atom is 0.334 e. The average molecular weight is 515 g/mol. The summed E-state index contributed by atoms with van der Waals surface area (Å²) in [7, 11) is 0. The fourth-order valence-corrected chi connectivity index (χ4v) is 10.3. The lowest BCUT2D eigenvalue weighted by atomic mass is 9.57. The van der Waals surface area contributed by atoms with E-state index in [0.29, 0.717) is 24.8 Å². The molecule has 8 rings (SSSR count). The van der Waals surface area contributed by atoms with Crippen molar-refractivity contribution in [3.63, 3.8) is 0 Å².